The van der Waals surface area contributed by atoms with E-state index in [-0.39, 0.29) is 42.2 Å². The molecule has 0 unspecified atom stereocenters. The van der Waals surface area contributed by atoms with Gasteiger partial charge in [0.05, 0.1) is 64.9 Å². The third-order valence-electron chi connectivity index (χ3n) is 12.8. The molecule has 76 heavy (non-hydrogen) atoms. The number of para-hydroxylation sites is 4. The van der Waals surface area contributed by atoms with Crippen LogP contribution in [0.15, 0.2) is 144 Å². The lowest BCUT2D eigenvalue weighted by Gasteiger charge is -2.20. The van der Waals surface area contributed by atoms with Crippen LogP contribution in [0.3, 0.4) is 0 Å². The van der Waals surface area contributed by atoms with E-state index in [9.17, 15) is 24.3 Å². The number of ether oxygens (including phenoxy) is 1. The van der Waals surface area contributed by atoms with E-state index in [0.29, 0.717) is 63.7 Å². The summed E-state index contributed by atoms with van der Waals surface area (Å²) in [5.41, 5.74) is 4.97. The molecule has 0 bridgehead atoms. The number of aryl methyl sites for hydroxylation is 2. The summed E-state index contributed by atoms with van der Waals surface area (Å²) in [7, 11) is 7.67. The number of esters is 1. The number of anilines is 2. The highest BCUT2D eigenvalue weighted by Gasteiger charge is 2.22. The molecule has 22 nitrogen and oxygen atoms in total. The molecule has 4 aromatic carbocycles. The number of carboxylic acid groups (broad SMARTS) is 1. The van der Waals surface area contributed by atoms with Crippen molar-refractivity contribution in [3.8, 4) is 0 Å². The predicted octanol–water partition coefficient (Wildman–Crippen LogP) is 5.90. The molecule has 0 fully saturated rings. The SMILES string of the molecule is CCOC(=O)c1cc2n(Cc3nc(N(C)Cc4cnn(C)c4)c4ccccc4n3)c(=O)c3ccccc3n2n1.CN(Cc1cnn(C)c1)c1nc(Cn2c(=O)c3ccccc3n3nc(C(=O)O)cc23)nc2ccccc12. The van der Waals surface area contributed by atoms with Gasteiger partial charge in [0.25, 0.3) is 11.1 Å². The minimum absolute atomic E-state index is 0.0382. The number of benzene rings is 4. The lowest BCUT2D eigenvalue weighted by Crippen LogP contribution is -2.25. The molecule has 0 aliphatic rings. The summed E-state index contributed by atoms with van der Waals surface area (Å²) in [6.45, 7) is 3.26. The Morgan fingerprint density at radius 3 is 1.43 bits per heavy atom. The van der Waals surface area contributed by atoms with Gasteiger partial charge in [-0.1, -0.05) is 48.5 Å². The third kappa shape index (κ3) is 9.07. The van der Waals surface area contributed by atoms with E-state index >= 15 is 0 Å². The Bertz CT molecular complexity index is 4360. The minimum atomic E-state index is -1.17. The molecule has 0 amide bonds. The summed E-state index contributed by atoms with van der Waals surface area (Å²) >= 11 is 0. The Morgan fingerprint density at radius 2 is 1.00 bits per heavy atom. The number of carbonyl (C=O) groups excluding carboxylic acids is 1. The number of hydrogen-bond donors (Lipinski definition) is 1. The van der Waals surface area contributed by atoms with Crippen molar-refractivity contribution in [3.05, 3.63) is 189 Å². The van der Waals surface area contributed by atoms with Crippen LogP contribution in [0.2, 0.25) is 0 Å². The summed E-state index contributed by atoms with van der Waals surface area (Å²) in [6.07, 6.45) is 7.55. The molecule has 8 heterocycles. The van der Waals surface area contributed by atoms with Gasteiger partial charge in [-0.2, -0.15) is 20.4 Å². The lowest BCUT2D eigenvalue weighted by molar-refractivity contribution is 0.0518. The summed E-state index contributed by atoms with van der Waals surface area (Å²) in [4.78, 5) is 74.8. The normalized spacial score (nSPS) is 11.5. The molecule has 12 rings (SSSR count). The van der Waals surface area contributed by atoms with Crippen LogP contribution in [0.25, 0.3) is 54.9 Å². The molecule has 0 spiro atoms. The number of nitrogens with zero attached hydrogens (tertiary/aromatic N) is 16. The van der Waals surface area contributed by atoms with E-state index in [1.807, 2.05) is 117 Å². The molecule has 0 saturated heterocycles. The van der Waals surface area contributed by atoms with E-state index < -0.39 is 11.9 Å². The standard InChI is InChI=1S/C28H26N8O3.C26H22N8O3/c1-4-39-28(38)22-13-25-35(27(37)20-10-6-8-12-23(20)36(25)32-22)17-24-30-21-11-7-5-9-19(21)26(31-24)33(2)15-18-14-29-34(3)16-18;1-31(13-16-12-27-32(2)14-16)24-17-7-3-5-9-19(17)28-22(29-24)15-33-23-11-20(26(36)37)30-34(23)21-10-6-4-8-18(21)25(33)35/h5-14,16H,4,15,17H2,1-3H3;3-12,14H,13,15H2,1-2H3,(H,36,37). The van der Waals surface area contributed by atoms with E-state index in [0.717, 1.165) is 38.8 Å². The largest absolute Gasteiger partial charge is 0.476 e. The quantitative estimate of drug-likeness (QED) is 0.132. The molecule has 380 valence electrons. The molecule has 0 saturated carbocycles. The van der Waals surface area contributed by atoms with Gasteiger partial charge in [0, 0.05) is 87.7 Å². The van der Waals surface area contributed by atoms with Gasteiger partial charge in [-0.05, 0) is 55.5 Å². The number of aromatic carboxylic acids is 1. The fraction of sp³-hybridized carbons (Fsp3) is 0.185. The van der Waals surface area contributed by atoms with Crippen LogP contribution in [0.4, 0.5) is 11.6 Å². The first-order chi connectivity index (χ1) is 36.8. The smallest absolute Gasteiger partial charge is 0.358 e. The maximum atomic E-state index is 13.7. The van der Waals surface area contributed by atoms with Crippen LogP contribution >= 0.6 is 0 Å². The summed E-state index contributed by atoms with van der Waals surface area (Å²) in [6, 6.07) is 32.6. The van der Waals surface area contributed by atoms with Crippen LogP contribution in [0.1, 0.15) is 50.7 Å². The minimum Gasteiger partial charge on any atom is -0.476 e. The monoisotopic (exact) mass is 1020 g/mol. The van der Waals surface area contributed by atoms with Crippen molar-refractivity contribution in [2.75, 3.05) is 30.5 Å². The fourth-order valence-electron chi connectivity index (χ4n) is 9.40. The second-order valence-electron chi connectivity index (χ2n) is 18.2. The Morgan fingerprint density at radius 1 is 0.579 bits per heavy atom. The van der Waals surface area contributed by atoms with Gasteiger partial charge in [0.1, 0.15) is 22.9 Å². The fourth-order valence-corrected chi connectivity index (χ4v) is 9.40. The first kappa shape index (κ1) is 48.2. The molecule has 22 heteroatoms. The summed E-state index contributed by atoms with van der Waals surface area (Å²) in [5, 5.41) is 29.4. The zero-order chi connectivity index (χ0) is 52.8. The molecule has 1 N–H and O–H groups in total. The number of aromatic nitrogens is 14. The average molecular weight is 1020 g/mol. The van der Waals surface area contributed by atoms with Crippen molar-refractivity contribution in [2.24, 2.45) is 14.1 Å². The first-order valence-corrected chi connectivity index (χ1v) is 24.1. The van der Waals surface area contributed by atoms with Crippen LogP contribution in [-0.2, 0) is 45.0 Å². The van der Waals surface area contributed by atoms with Gasteiger partial charge in [-0.25, -0.2) is 38.6 Å². The Balaban J connectivity index is 0.000000162. The van der Waals surface area contributed by atoms with E-state index in [2.05, 4.69) is 20.4 Å². The second-order valence-corrected chi connectivity index (χ2v) is 18.2. The molecule has 0 radical (unpaired) electrons. The molecular formula is C54H48N16O6. The highest BCUT2D eigenvalue weighted by molar-refractivity contribution is 5.92. The van der Waals surface area contributed by atoms with Gasteiger partial charge in [-0.3, -0.25) is 28.1 Å². The zero-order valence-corrected chi connectivity index (χ0v) is 41.9. The highest BCUT2D eigenvalue weighted by Crippen LogP contribution is 2.27. The van der Waals surface area contributed by atoms with E-state index in [1.165, 1.54) is 15.1 Å². The van der Waals surface area contributed by atoms with Crippen LogP contribution < -0.4 is 20.9 Å². The maximum Gasteiger partial charge on any atom is 0.358 e. The van der Waals surface area contributed by atoms with Crippen molar-refractivity contribution < 1.29 is 19.4 Å². The number of fused-ring (bicyclic) bond motifs is 8. The average Bonchev–Trinajstić information content (AvgIpc) is 4.33. The van der Waals surface area contributed by atoms with Gasteiger partial charge in [0.2, 0.25) is 0 Å². The predicted molar refractivity (Wildman–Crippen MR) is 285 cm³/mol. The Kier molecular flexibility index (Phi) is 12.5. The molecule has 0 atom stereocenters. The van der Waals surface area contributed by atoms with Crippen molar-refractivity contribution >= 4 is 78.5 Å². The lowest BCUT2D eigenvalue weighted by atomic mass is 10.2. The third-order valence-corrected chi connectivity index (χ3v) is 12.8. The Labute approximate surface area is 430 Å². The number of hydrogen-bond acceptors (Lipinski definition) is 15. The maximum absolute atomic E-state index is 13.7. The van der Waals surface area contributed by atoms with Crippen LogP contribution in [-0.4, -0.2) is 106 Å². The highest BCUT2D eigenvalue weighted by atomic mass is 16.5. The Hall–Kier alpha value is -10.1. The summed E-state index contributed by atoms with van der Waals surface area (Å²) in [5.74, 6) is 0.613. The van der Waals surface area contributed by atoms with Crippen molar-refractivity contribution in [2.45, 2.75) is 33.1 Å². The van der Waals surface area contributed by atoms with Crippen molar-refractivity contribution in [3.63, 3.8) is 0 Å². The molecule has 8 aromatic heterocycles. The zero-order valence-electron chi connectivity index (χ0n) is 41.9. The topological polar surface area (TPSA) is 236 Å². The molecular weight excluding hydrogens is 969 g/mol. The number of carboxylic acids is 1. The number of carbonyl (C=O) groups is 2. The first-order valence-electron chi connectivity index (χ1n) is 24.1. The van der Waals surface area contributed by atoms with E-state index in [4.69, 9.17) is 24.7 Å². The molecule has 12 aromatic rings. The van der Waals surface area contributed by atoms with Gasteiger partial charge in [-0.15, -0.1) is 0 Å². The van der Waals surface area contributed by atoms with Crippen LogP contribution in [0.5, 0.6) is 0 Å². The van der Waals surface area contributed by atoms with Gasteiger partial charge in [0.15, 0.2) is 23.0 Å². The number of rotatable bonds is 13. The van der Waals surface area contributed by atoms with Crippen molar-refractivity contribution in [1.82, 2.24) is 67.9 Å². The summed E-state index contributed by atoms with van der Waals surface area (Å²) < 4.78 is 14.8. The molecule has 0 aliphatic carbocycles. The van der Waals surface area contributed by atoms with Crippen molar-refractivity contribution in [1.29, 1.82) is 0 Å². The van der Waals surface area contributed by atoms with E-state index in [1.54, 1.807) is 73.9 Å². The van der Waals surface area contributed by atoms with Gasteiger partial charge >= 0.3 is 11.9 Å². The van der Waals surface area contributed by atoms with Crippen LogP contribution in [0, 0.1) is 0 Å². The molecule has 0 aliphatic heterocycles. The second kappa shape index (κ2) is 19.7. The van der Waals surface area contributed by atoms with Gasteiger partial charge < -0.3 is 19.6 Å².